The summed E-state index contributed by atoms with van der Waals surface area (Å²) in [6.45, 7) is 8.93. The van der Waals surface area contributed by atoms with Crippen molar-refractivity contribution in [3.8, 4) is 0 Å². The number of hydrogen-bond acceptors (Lipinski definition) is 3. The third-order valence-corrected chi connectivity index (χ3v) is 3.19. The summed E-state index contributed by atoms with van der Waals surface area (Å²) in [5, 5.41) is 2.50. The van der Waals surface area contributed by atoms with Crippen LogP contribution in [0.5, 0.6) is 0 Å². The van der Waals surface area contributed by atoms with Crippen LogP contribution in [0.4, 0.5) is 0 Å². The summed E-state index contributed by atoms with van der Waals surface area (Å²) in [5.74, 6) is -1.50. The van der Waals surface area contributed by atoms with Crippen molar-refractivity contribution in [1.82, 2.24) is 5.32 Å². The van der Waals surface area contributed by atoms with Gasteiger partial charge in [-0.2, -0.15) is 0 Å². The third kappa shape index (κ3) is 6.42. The second kappa shape index (κ2) is 7.56. The molecule has 1 unspecified atom stereocenters. The molecule has 7 heteroatoms. The maximum Gasteiger partial charge on any atom is 0.336 e. The number of benzene rings is 1. The second-order valence-corrected chi connectivity index (χ2v) is 8.12. The number of carbonyl (C=O) groups excluding carboxylic acids is 2. The molecule has 0 saturated heterocycles. The first-order valence-corrected chi connectivity index (χ1v) is 7.90. The van der Waals surface area contributed by atoms with Crippen molar-refractivity contribution < 1.29 is 14.3 Å². The van der Waals surface area contributed by atoms with E-state index in [0.29, 0.717) is 5.56 Å². The standard InChI is InChI=1S/C16H18Cl3NO3/c1-10(13(21)23-15(2,3)4)12(11-8-6-5-7-9-11)20-14(22)16(17,18)19/h5-9,12H,1H2,2-4H3,(H,20,22). The number of carbonyl (C=O) groups is 2. The van der Waals surface area contributed by atoms with E-state index in [4.69, 9.17) is 39.5 Å². The molecule has 0 radical (unpaired) electrons. The van der Waals surface area contributed by atoms with Gasteiger partial charge in [-0.15, -0.1) is 0 Å². The van der Waals surface area contributed by atoms with E-state index in [2.05, 4.69) is 11.9 Å². The molecule has 0 aliphatic heterocycles. The van der Waals surface area contributed by atoms with Crippen LogP contribution in [0.15, 0.2) is 42.5 Å². The minimum Gasteiger partial charge on any atom is -0.457 e. The second-order valence-electron chi connectivity index (χ2n) is 5.84. The predicted octanol–water partition coefficient (Wildman–Crippen LogP) is 4.11. The Kier molecular flexibility index (Phi) is 6.51. The van der Waals surface area contributed by atoms with E-state index in [0.717, 1.165) is 0 Å². The molecule has 126 valence electrons. The van der Waals surface area contributed by atoms with E-state index >= 15 is 0 Å². The van der Waals surface area contributed by atoms with E-state index in [1.165, 1.54) is 0 Å². The van der Waals surface area contributed by atoms with Gasteiger partial charge in [0.05, 0.1) is 11.6 Å². The van der Waals surface area contributed by atoms with E-state index in [1.54, 1.807) is 51.1 Å². The van der Waals surface area contributed by atoms with Gasteiger partial charge in [-0.1, -0.05) is 71.7 Å². The number of amides is 1. The molecule has 4 nitrogen and oxygen atoms in total. The van der Waals surface area contributed by atoms with E-state index < -0.39 is 27.3 Å². The topological polar surface area (TPSA) is 55.4 Å². The molecule has 1 rings (SSSR count). The minimum absolute atomic E-state index is 0.0359. The summed E-state index contributed by atoms with van der Waals surface area (Å²) >= 11 is 16.7. The molecule has 23 heavy (non-hydrogen) atoms. The van der Waals surface area contributed by atoms with E-state index in [-0.39, 0.29) is 5.57 Å². The summed E-state index contributed by atoms with van der Waals surface area (Å²) in [6.07, 6.45) is 0. The Morgan fingerprint density at radius 3 is 2.09 bits per heavy atom. The molecule has 1 N–H and O–H groups in total. The van der Waals surface area contributed by atoms with Crippen molar-refractivity contribution in [1.29, 1.82) is 0 Å². The fraction of sp³-hybridized carbons (Fsp3) is 0.375. The highest BCUT2D eigenvalue weighted by Gasteiger charge is 2.35. The van der Waals surface area contributed by atoms with Crippen molar-refractivity contribution in [2.45, 2.75) is 36.2 Å². The molecule has 0 bridgehead atoms. The van der Waals surface area contributed by atoms with E-state index in [1.807, 2.05) is 0 Å². The monoisotopic (exact) mass is 377 g/mol. The fourth-order valence-electron chi connectivity index (χ4n) is 1.69. The Bertz CT molecular complexity index is 589. The first-order chi connectivity index (χ1) is 10.4. The van der Waals surface area contributed by atoms with Crippen LogP contribution < -0.4 is 5.32 Å². The van der Waals surface area contributed by atoms with Crippen LogP contribution in [0.3, 0.4) is 0 Å². The lowest BCUT2D eigenvalue weighted by Crippen LogP contribution is -2.39. The number of hydrogen-bond donors (Lipinski definition) is 1. The van der Waals surface area contributed by atoms with Crippen LogP contribution in [-0.2, 0) is 14.3 Å². The van der Waals surface area contributed by atoms with Crippen LogP contribution in [0, 0.1) is 0 Å². The summed E-state index contributed by atoms with van der Waals surface area (Å²) in [6, 6.07) is 7.89. The molecular weight excluding hydrogens is 361 g/mol. The largest absolute Gasteiger partial charge is 0.457 e. The Balaban J connectivity index is 3.08. The van der Waals surface area contributed by atoms with Crippen molar-refractivity contribution in [3.05, 3.63) is 48.0 Å². The molecule has 0 fully saturated rings. The molecule has 0 spiro atoms. The average Bonchev–Trinajstić information content (AvgIpc) is 2.41. The molecule has 0 heterocycles. The van der Waals surface area contributed by atoms with Gasteiger partial charge < -0.3 is 10.1 Å². The van der Waals surface area contributed by atoms with Gasteiger partial charge in [0.2, 0.25) is 0 Å². The Morgan fingerprint density at radius 1 is 1.13 bits per heavy atom. The van der Waals surface area contributed by atoms with Crippen molar-refractivity contribution in [2.75, 3.05) is 0 Å². The first kappa shape index (κ1) is 19.8. The van der Waals surface area contributed by atoms with Gasteiger partial charge in [-0.3, -0.25) is 4.79 Å². The summed E-state index contributed by atoms with van der Waals surface area (Å²) in [5.41, 5.74) is -0.0415. The molecular formula is C16H18Cl3NO3. The zero-order valence-corrected chi connectivity index (χ0v) is 15.3. The highest BCUT2D eigenvalue weighted by atomic mass is 35.6. The molecule has 0 aliphatic carbocycles. The third-order valence-electron chi connectivity index (χ3n) is 2.68. The maximum absolute atomic E-state index is 12.2. The molecule has 1 atom stereocenters. The first-order valence-electron chi connectivity index (χ1n) is 6.76. The molecule has 1 amide bonds. The number of halogens is 3. The van der Waals surface area contributed by atoms with Gasteiger partial charge >= 0.3 is 5.97 Å². The summed E-state index contributed by atoms with van der Waals surface area (Å²) in [7, 11) is 0. The van der Waals surface area contributed by atoms with Gasteiger partial charge in [-0.05, 0) is 26.3 Å². The van der Waals surface area contributed by atoms with Crippen LogP contribution >= 0.6 is 34.8 Å². The van der Waals surface area contributed by atoms with Gasteiger partial charge in [-0.25, -0.2) is 4.79 Å². The Hall–Kier alpha value is -1.23. The van der Waals surface area contributed by atoms with Gasteiger partial charge in [0.1, 0.15) is 5.60 Å². The molecule has 1 aromatic rings. The zero-order valence-electron chi connectivity index (χ0n) is 13.0. The highest BCUT2D eigenvalue weighted by Crippen LogP contribution is 2.29. The van der Waals surface area contributed by atoms with Crippen LogP contribution in [0.2, 0.25) is 0 Å². The lowest BCUT2D eigenvalue weighted by atomic mass is 9.99. The van der Waals surface area contributed by atoms with E-state index in [9.17, 15) is 9.59 Å². The van der Waals surface area contributed by atoms with Gasteiger partial charge in [0, 0.05) is 0 Å². The average molecular weight is 379 g/mol. The normalized spacial score (nSPS) is 13.1. The van der Waals surface area contributed by atoms with Crippen molar-refractivity contribution in [3.63, 3.8) is 0 Å². The number of alkyl halides is 3. The smallest absolute Gasteiger partial charge is 0.336 e. The molecule has 1 aromatic carbocycles. The van der Waals surface area contributed by atoms with Crippen molar-refractivity contribution in [2.24, 2.45) is 0 Å². The van der Waals surface area contributed by atoms with Crippen LogP contribution in [0.25, 0.3) is 0 Å². The predicted molar refractivity (Wildman–Crippen MR) is 92.6 cm³/mol. The fourth-order valence-corrected chi connectivity index (χ4v) is 1.86. The molecule has 0 aliphatic rings. The van der Waals surface area contributed by atoms with Crippen LogP contribution in [0.1, 0.15) is 32.4 Å². The summed E-state index contributed by atoms with van der Waals surface area (Å²) in [4.78, 5) is 24.2. The maximum atomic E-state index is 12.2. The number of rotatable bonds is 4. The Morgan fingerprint density at radius 2 is 1.65 bits per heavy atom. The highest BCUT2D eigenvalue weighted by molar-refractivity contribution is 6.76. The van der Waals surface area contributed by atoms with Crippen molar-refractivity contribution >= 4 is 46.7 Å². The van der Waals surface area contributed by atoms with Gasteiger partial charge in [0.25, 0.3) is 9.70 Å². The SMILES string of the molecule is C=C(C(=O)OC(C)(C)C)C(NC(=O)C(Cl)(Cl)Cl)c1ccccc1. The zero-order chi connectivity index (χ0) is 17.8. The summed E-state index contributed by atoms with van der Waals surface area (Å²) < 4.78 is 3.13. The van der Waals surface area contributed by atoms with Crippen LogP contribution in [-0.4, -0.2) is 21.3 Å². The quantitative estimate of drug-likeness (QED) is 0.487. The lowest BCUT2D eigenvalue weighted by molar-refractivity contribution is -0.150. The number of nitrogens with one attached hydrogen (secondary N) is 1. The number of ether oxygens (including phenoxy) is 1. The Labute approximate surface area is 150 Å². The lowest BCUT2D eigenvalue weighted by Gasteiger charge is -2.26. The molecule has 0 saturated carbocycles. The minimum atomic E-state index is -2.15. The molecule has 0 aromatic heterocycles. The van der Waals surface area contributed by atoms with Gasteiger partial charge in [0.15, 0.2) is 0 Å². The number of esters is 1.